The molecule has 9 heteroatoms. The van der Waals surface area contributed by atoms with Gasteiger partial charge in [0.2, 0.25) is 5.91 Å². The molecule has 1 amide bonds. The Bertz CT molecular complexity index is 1190. The average Bonchev–Trinajstić information content (AvgIpc) is 3.38. The highest BCUT2D eigenvalue weighted by Gasteiger charge is 2.27. The van der Waals surface area contributed by atoms with Crippen molar-refractivity contribution < 1.29 is 28.3 Å². The molecule has 0 spiro atoms. The Morgan fingerprint density at radius 3 is 2.36 bits per heavy atom. The Labute approximate surface area is 203 Å². The molecule has 3 rings (SSSR count). The number of hydrogen-bond donors (Lipinski definition) is 1. The average molecular weight is 532 g/mol. The van der Waals surface area contributed by atoms with Crippen molar-refractivity contribution in [3.8, 4) is 11.3 Å². The number of nitrogens with one attached hydrogen (secondary N) is 1. The fourth-order valence-corrected chi connectivity index (χ4v) is 4.32. The number of anilines is 1. The van der Waals surface area contributed by atoms with Gasteiger partial charge in [-0.2, -0.15) is 0 Å². The number of carbonyl (C=O) groups excluding carboxylic acids is 3. The van der Waals surface area contributed by atoms with Crippen molar-refractivity contribution >= 4 is 56.2 Å². The molecular formula is C24H22BrNO6S. The van der Waals surface area contributed by atoms with Crippen molar-refractivity contribution in [3.05, 3.63) is 68.7 Å². The van der Waals surface area contributed by atoms with Gasteiger partial charge in [-0.1, -0.05) is 28.1 Å². The first kappa shape index (κ1) is 24.5. The molecule has 0 aliphatic rings. The lowest BCUT2D eigenvalue weighted by molar-refractivity contribution is -0.111. The molecule has 0 saturated carbocycles. The van der Waals surface area contributed by atoms with Crippen LogP contribution in [0.2, 0.25) is 0 Å². The van der Waals surface area contributed by atoms with E-state index in [9.17, 15) is 14.4 Å². The van der Waals surface area contributed by atoms with E-state index in [2.05, 4.69) is 21.2 Å². The maximum Gasteiger partial charge on any atom is 0.348 e. The Morgan fingerprint density at radius 2 is 1.70 bits per heavy atom. The maximum absolute atomic E-state index is 12.5. The van der Waals surface area contributed by atoms with Gasteiger partial charge in [0, 0.05) is 16.1 Å². The number of carbonyl (C=O) groups is 3. The van der Waals surface area contributed by atoms with Crippen LogP contribution in [0.5, 0.6) is 0 Å². The Balaban J connectivity index is 1.78. The van der Waals surface area contributed by atoms with E-state index in [4.69, 9.17) is 13.9 Å². The minimum absolute atomic E-state index is 0.141. The van der Waals surface area contributed by atoms with Gasteiger partial charge in [-0.25, -0.2) is 9.59 Å². The molecule has 0 saturated heterocycles. The molecule has 0 aliphatic heterocycles. The number of furan rings is 1. The highest BCUT2D eigenvalue weighted by atomic mass is 79.9. The first-order valence-electron chi connectivity index (χ1n) is 10.2. The van der Waals surface area contributed by atoms with Crippen LogP contribution in [0.1, 0.15) is 45.2 Å². The van der Waals surface area contributed by atoms with E-state index in [1.165, 1.54) is 12.2 Å². The van der Waals surface area contributed by atoms with E-state index in [-0.39, 0.29) is 28.7 Å². The van der Waals surface area contributed by atoms with Crippen molar-refractivity contribution in [2.24, 2.45) is 0 Å². The highest BCUT2D eigenvalue weighted by molar-refractivity contribution is 9.10. The number of rotatable bonds is 8. The third-order valence-electron chi connectivity index (χ3n) is 4.48. The Hall–Kier alpha value is -3.17. The van der Waals surface area contributed by atoms with Crippen LogP contribution in [-0.2, 0) is 14.3 Å². The zero-order chi connectivity index (χ0) is 24.0. The maximum atomic E-state index is 12.5. The van der Waals surface area contributed by atoms with Crippen LogP contribution in [0.4, 0.5) is 5.00 Å². The number of hydrogen-bond acceptors (Lipinski definition) is 7. The van der Waals surface area contributed by atoms with Gasteiger partial charge in [0.1, 0.15) is 21.4 Å². The molecule has 2 heterocycles. The summed E-state index contributed by atoms with van der Waals surface area (Å²) in [6, 6.07) is 11.2. The van der Waals surface area contributed by atoms with Crippen LogP contribution in [0.15, 0.2) is 51.4 Å². The van der Waals surface area contributed by atoms with E-state index >= 15 is 0 Å². The number of benzene rings is 1. The van der Waals surface area contributed by atoms with Gasteiger partial charge in [-0.05, 0) is 56.7 Å². The van der Waals surface area contributed by atoms with Crippen LogP contribution >= 0.6 is 27.3 Å². The second-order valence-corrected chi connectivity index (χ2v) is 8.67. The molecule has 1 aromatic carbocycles. The van der Waals surface area contributed by atoms with Gasteiger partial charge >= 0.3 is 11.9 Å². The van der Waals surface area contributed by atoms with Gasteiger partial charge in [0.25, 0.3) is 0 Å². The molecule has 0 bridgehead atoms. The van der Waals surface area contributed by atoms with Crippen molar-refractivity contribution in [2.45, 2.75) is 20.8 Å². The zero-order valence-corrected chi connectivity index (χ0v) is 20.7. The highest BCUT2D eigenvalue weighted by Crippen LogP contribution is 2.34. The van der Waals surface area contributed by atoms with E-state index in [0.717, 1.165) is 21.4 Å². The molecule has 0 radical (unpaired) electrons. The van der Waals surface area contributed by atoms with Gasteiger partial charge in [-0.3, -0.25) is 4.79 Å². The first-order valence-corrected chi connectivity index (χ1v) is 11.8. The van der Waals surface area contributed by atoms with E-state index in [0.29, 0.717) is 17.1 Å². The Kier molecular flexibility index (Phi) is 8.24. The summed E-state index contributed by atoms with van der Waals surface area (Å²) in [5, 5.41) is 2.88. The van der Waals surface area contributed by atoms with Crippen molar-refractivity contribution in [3.63, 3.8) is 0 Å². The molecule has 7 nitrogen and oxygen atoms in total. The molecular weight excluding hydrogens is 510 g/mol. The summed E-state index contributed by atoms with van der Waals surface area (Å²) in [6.45, 7) is 5.35. The summed E-state index contributed by atoms with van der Waals surface area (Å²) in [5.74, 6) is -0.508. The fraction of sp³-hybridized carbons (Fsp3) is 0.208. The minimum Gasteiger partial charge on any atom is -0.462 e. The van der Waals surface area contributed by atoms with Gasteiger partial charge in [0.15, 0.2) is 0 Å². The summed E-state index contributed by atoms with van der Waals surface area (Å²) in [7, 11) is 0. The lowest BCUT2D eigenvalue weighted by atomic mass is 10.1. The monoisotopic (exact) mass is 531 g/mol. The molecule has 2 aromatic heterocycles. The minimum atomic E-state index is -0.619. The normalized spacial score (nSPS) is 10.9. The summed E-state index contributed by atoms with van der Waals surface area (Å²) < 4.78 is 16.9. The quantitative estimate of drug-likeness (QED) is 0.279. The van der Waals surface area contributed by atoms with Gasteiger partial charge in [0.05, 0.1) is 18.8 Å². The first-order chi connectivity index (χ1) is 15.8. The van der Waals surface area contributed by atoms with Crippen molar-refractivity contribution in [1.29, 1.82) is 0 Å². The summed E-state index contributed by atoms with van der Waals surface area (Å²) in [6.07, 6.45) is 2.81. The third-order valence-corrected chi connectivity index (χ3v) is 6.19. The summed E-state index contributed by atoms with van der Waals surface area (Å²) in [4.78, 5) is 37.5. The molecule has 172 valence electrons. The summed E-state index contributed by atoms with van der Waals surface area (Å²) >= 11 is 4.37. The van der Waals surface area contributed by atoms with E-state index < -0.39 is 17.8 Å². The number of esters is 2. The van der Waals surface area contributed by atoms with Crippen LogP contribution in [0.3, 0.4) is 0 Å². The molecule has 33 heavy (non-hydrogen) atoms. The van der Waals surface area contributed by atoms with Gasteiger partial charge in [-0.15, -0.1) is 11.3 Å². The molecule has 0 fully saturated rings. The smallest absolute Gasteiger partial charge is 0.348 e. The van der Waals surface area contributed by atoms with Crippen LogP contribution in [0, 0.1) is 6.92 Å². The van der Waals surface area contributed by atoms with Crippen LogP contribution in [-0.4, -0.2) is 31.1 Å². The topological polar surface area (TPSA) is 94.8 Å². The predicted molar refractivity (Wildman–Crippen MR) is 130 cm³/mol. The molecule has 0 unspecified atom stereocenters. The molecule has 1 N–H and O–H groups in total. The molecule has 0 atom stereocenters. The number of ether oxygens (including phenoxy) is 2. The lowest BCUT2D eigenvalue weighted by Crippen LogP contribution is -2.12. The second-order valence-electron chi connectivity index (χ2n) is 6.73. The Morgan fingerprint density at radius 1 is 1.03 bits per heavy atom. The SMILES string of the molecule is CCOC(=O)c1sc(NC(=O)/C=C/c2ccc(-c3ccc(Br)cc3)o2)c(C(=O)OCC)c1C. The second kappa shape index (κ2) is 11.1. The zero-order valence-electron chi connectivity index (χ0n) is 18.3. The standard InChI is InChI=1S/C24H22BrNO6S/c1-4-30-23(28)20-14(3)21(24(29)31-5-2)33-22(20)26-19(27)13-11-17-10-12-18(32-17)15-6-8-16(25)9-7-15/h6-13H,4-5H2,1-3H3,(H,26,27)/b13-11+. The van der Waals surface area contributed by atoms with Crippen molar-refractivity contribution in [2.75, 3.05) is 18.5 Å². The molecule has 0 aliphatic carbocycles. The fourth-order valence-electron chi connectivity index (χ4n) is 2.97. The van der Waals surface area contributed by atoms with E-state index in [1.807, 2.05) is 30.3 Å². The lowest BCUT2D eigenvalue weighted by Gasteiger charge is -2.05. The van der Waals surface area contributed by atoms with Crippen LogP contribution in [0.25, 0.3) is 17.4 Å². The number of thiophene rings is 1. The van der Waals surface area contributed by atoms with Gasteiger partial charge < -0.3 is 19.2 Å². The summed E-state index contributed by atoms with van der Waals surface area (Å²) in [5.41, 5.74) is 1.45. The third kappa shape index (κ3) is 6.00. The largest absolute Gasteiger partial charge is 0.462 e. The van der Waals surface area contributed by atoms with Crippen molar-refractivity contribution in [1.82, 2.24) is 0 Å². The number of amides is 1. The van der Waals surface area contributed by atoms with Crippen LogP contribution < -0.4 is 5.32 Å². The molecule has 3 aromatic rings. The number of halogens is 1. The predicted octanol–water partition coefficient (Wildman–Crippen LogP) is 6.08. The van der Waals surface area contributed by atoms with E-state index in [1.54, 1.807) is 26.8 Å².